The smallest absolute Gasteiger partial charge is 0.224 e. The highest BCUT2D eigenvalue weighted by atomic mass is 16.3. The van der Waals surface area contributed by atoms with Crippen molar-refractivity contribution in [3.8, 4) is 0 Å². The summed E-state index contributed by atoms with van der Waals surface area (Å²) in [6.45, 7) is 2.52. The van der Waals surface area contributed by atoms with Crippen LogP contribution in [0.5, 0.6) is 0 Å². The molecule has 0 unspecified atom stereocenters. The summed E-state index contributed by atoms with van der Waals surface area (Å²) in [6.07, 6.45) is 4.46. The number of aromatic nitrogens is 2. The van der Waals surface area contributed by atoms with Gasteiger partial charge >= 0.3 is 0 Å². The van der Waals surface area contributed by atoms with E-state index in [0.717, 1.165) is 31.1 Å². The zero-order valence-electron chi connectivity index (χ0n) is 12.0. The van der Waals surface area contributed by atoms with Crippen molar-refractivity contribution in [2.45, 2.75) is 13.0 Å². The lowest BCUT2D eigenvalue weighted by Crippen LogP contribution is -2.17. The Balaban J connectivity index is 1.78. The molecule has 108 valence electrons. The van der Waals surface area contributed by atoms with Crippen LogP contribution in [0, 0.1) is 0 Å². The van der Waals surface area contributed by atoms with E-state index in [4.69, 9.17) is 4.42 Å². The van der Waals surface area contributed by atoms with Crippen LogP contribution in [0.25, 0.3) is 0 Å². The van der Waals surface area contributed by atoms with Crippen molar-refractivity contribution in [3.05, 3.63) is 36.4 Å². The Morgan fingerprint density at radius 2 is 2.15 bits per heavy atom. The molecule has 2 aromatic rings. The lowest BCUT2D eigenvalue weighted by Gasteiger charge is -2.10. The fraction of sp³-hybridized carbons (Fsp3) is 0.429. The lowest BCUT2D eigenvalue weighted by molar-refractivity contribution is 0.405. The molecular formula is C14H21N5O. The van der Waals surface area contributed by atoms with Crippen LogP contribution in [0.4, 0.5) is 11.8 Å². The molecule has 6 heteroatoms. The maximum atomic E-state index is 5.26. The average molecular weight is 275 g/mol. The van der Waals surface area contributed by atoms with Crippen molar-refractivity contribution in [1.82, 2.24) is 14.9 Å². The van der Waals surface area contributed by atoms with Gasteiger partial charge in [-0.25, -0.2) is 4.98 Å². The molecule has 2 heterocycles. The Kier molecular flexibility index (Phi) is 5.37. The number of nitrogens with zero attached hydrogens (tertiary/aromatic N) is 3. The maximum absolute atomic E-state index is 5.26. The van der Waals surface area contributed by atoms with Crippen LogP contribution < -0.4 is 10.6 Å². The van der Waals surface area contributed by atoms with E-state index in [9.17, 15) is 0 Å². The summed E-state index contributed by atoms with van der Waals surface area (Å²) in [7, 11) is 4.13. The molecule has 0 saturated carbocycles. The summed E-state index contributed by atoms with van der Waals surface area (Å²) in [6, 6.07) is 5.64. The van der Waals surface area contributed by atoms with Crippen LogP contribution in [0.1, 0.15) is 12.2 Å². The van der Waals surface area contributed by atoms with Gasteiger partial charge in [0.05, 0.1) is 12.8 Å². The number of hydrogen-bond acceptors (Lipinski definition) is 6. The summed E-state index contributed by atoms with van der Waals surface area (Å²) >= 11 is 0. The first kappa shape index (κ1) is 14.3. The summed E-state index contributed by atoms with van der Waals surface area (Å²) in [5.41, 5.74) is 0. The van der Waals surface area contributed by atoms with Gasteiger partial charge < -0.3 is 20.0 Å². The minimum absolute atomic E-state index is 0.615. The molecule has 0 aliphatic heterocycles. The molecule has 0 amide bonds. The van der Waals surface area contributed by atoms with E-state index in [-0.39, 0.29) is 0 Å². The summed E-state index contributed by atoms with van der Waals surface area (Å²) in [4.78, 5) is 10.8. The normalized spacial score (nSPS) is 10.8. The van der Waals surface area contributed by atoms with Crippen LogP contribution in [0.2, 0.25) is 0 Å². The molecular weight excluding hydrogens is 254 g/mol. The molecule has 2 rings (SSSR count). The van der Waals surface area contributed by atoms with Crippen molar-refractivity contribution < 1.29 is 4.42 Å². The topological polar surface area (TPSA) is 66.2 Å². The molecule has 20 heavy (non-hydrogen) atoms. The van der Waals surface area contributed by atoms with Crippen molar-refractivity contribution in [3.63, 3.8) is 0 Å². The van der Waals surface area contributed by atoms with Crippen LogP contribution in [-0.2, 0) is 6.54 Å². The first-order chi connectivity index (χ1) is 9.74. The summed E-state index contributed by atoms with van der Waals surface area (Å²) < 4.78 is 5.26. The minimum Gasteiger partial charge on any atom is -0.467 e. The predicted octanol–water partition coefficient (Wildman–Crippen LogP) is 2.05. The average Bonchev–Trinajstić information content (AvgIpc) is 2.95. The highest BCUT2D eigenvalue weighted by Gasteiger charge is 2.00. The molecule has 0 aromatic carbocycles. The molecule has 2 N–H and O–H groups in total. The molecule has 0 atom stereocenters. The highest BCUT2D eigenvalue weighted by molar-refractivity contribution is 5.39. The van der Waals surface area contributed by atoms with E-state index in [1.165, 1.54) is 0 Å². The van der Waals surface area contributed by atoms with Crippen molar-refractivity contribution in [1.29, 1.82) is 0 Å². The Bertz CT molecular complexity index is 498. The van der Waals surface area contributed by atoms with Gasteiger partial charge in [-0.2, -0.15) is 4.98 Å². The van der Waals surface area contributed by atoms with E-state index in [1.54, 1.807) is 12.5 Å². The van der Waals surface area contributed by atoms with E-state index < -0.39 is 0 Å². The fourth-order valence-electron chi connectivity index (χ4n) is 1.73. The molecule has 0 aliphatic rings. The van der Waals surface area contributed by atoms with E-state index in [2.05, 4.69) is 39.6 Å². The molecule has 0 spiro atoms. The second kappa shape index (κ2) is 7.49. The third kappa shape index (κ3) is 4.89. The lowest BCUT2D eigenvalue weighted by atomic mass is 10.4. The van der Waals surface area contributed by atoms with Gasteiger partial charge in [-0.1, -0.05) is 0 Å². The van der Waals surface area contributed by atoms with Crippen LogP contribution in [0.3, 0.4) is 0 Å². The maximum Gasteiger partial charge on any atom is 0.224 e. The van der Waals surface area contributed by atoms with Gasteiger partial charge in [-0.3, -0.25) is 0 Å². The zero-order chi connectivity index (χ0) is 14.2. The summed E-state index contributed by atoms with van der Waals surface area (Å²) in [5, 5.41) is 6.42. The molecule has 0 fully saturated rings. The standard InChI is InChI=1S/C14H21N5O/c1-19(2)9-4-7-15-14-16-8-6-13(18-14)17-11-12-5-3-10-20-12/h3,5-6,8,10H,4,7,9,11H2,1-2H3,(H2,15,16,17,18). The largest absolute Gasteiger partial charge is 0.467 e. The van der Waals surface area contributed by atoms with Gasteiger partial charge in [-0.05, 0) is 45.3 Å². The van der Waals surface area contributed by atoms with Gasteiger partial charge in [0.25, 0.3) is 0 Å². The van der Waals surface area contributed by atoms with Crippen molar-refractivity contribution in [2.75, 3.05) is 37.8 Å². The number of nitrogens with one attached hydrogen (secondary N) is 2. The second-order valence-electron chi connectivity index (χ2n) is 4.78. The monoisotopic (exact) mass is 275 g/mol. The Morgan fingerprint density at radius 3 is 2.90 bits per heavy atom. The van der Waals surface area contributed by atoms with Gasteiger partial charge in [-0.15, -0.1) is 0 Å². The fourth-order valence-corrected chi connectivity index (χ4v) is 1.73. The molecule has 6 nitrogen and oxygen atoms in total. The molecule has 0 bridgehead atoms. The predicted molar refractivity (Wildman–Crippen MR) is 79.7 cm³/mol. The Hall–Kier alpha value is -2.08. The van der Waals surface area contributed by atoms with Crippen molar-refractivity contribution >= 4 is 11.8 Å². The second-order valence-corrected chi connectivity index (χ2v) is 4.78. The zero-order valence-corrected chi connectivity index (χ0v) is 12.0. The SMILES string of the molecule is CN(C)CCCNc1nccc(NCc2ccco2)n1. The summed E-state index contributed by atoms with van der Waals surface area (Å²) in [5.74, 6) is 2.31. The van der Waals surface area contributed by atoms with E-state index >= 15 is 0 Å². The molecule has 0 radical (unpaired) electrons. The molecule has 2 aromatic heterocycles. The van der Waals surface area contributed by atoms with E-state index in [1.807, 2.05) is 18.2 Å². The van der Waals surface area contributed by atoms with Crippen LogP contribution in [0.15, 0.2) is 35.1 Å². The third-order valence-electron chi connectivity index (χ3n) is 2.74. The first-order valence-corrected chi connectivity index (χ1v) is 6.72. The molecule has 0 aliphatic carbocycles. The minimum atomic E-state index is 0.615. The van der Waals surface area contributed by atoms with Gasteiger partial charge in [0.15, 0.2) is 0 Å². The van der Waals surface area contributed by atoms with Gasteiger partial charge in [0.1, 0.15) is 11.6 Å². The van der Waals surface area contributed by atoms with Crippen molar-refractivity contribution in [2.24, 2.45) is 0 Å². The number of hydrogen-bond donors (Lipinski definition) is 2. The Labute approximate surface area is 119 Å². The van der Waals surface area contributed by atoms with Gasteiger partial charge in [0, 0.05) is 12.7 Å². The van der Waals surface area contributed by atoms with Gasteiger partial charge in [0.2, 0.25) is 5.95 Å². The highest BCUT2D eigenvalue weighted by Crippen LogP contribution is 2.08. The number of anilines is 2. The van der Waals surface area contributed by atoms with E-state index in [0.29, 0.717) is 12.5 Å². The number of rotatable bonds is 8. The number of furan rings is 1. The Morgan fingerprint density at radius 1 is 1.25 bits per heavy atom. The quantitative estimate of drug-likeness (QED) is 0.719. The third-order valence-corrected chi connectivity index (χ3v) is 2.74. The first-order valence-electron chi connectivity index (χ1n) is 6.72. The van der Waals surface area contributed by atoms with Crippen LogP contribution in [-0.4, -0.2) is 42.1 Å². The molecule has 0 saturated heterocycles. The van der Waals surface area contributed by atoms with Crippen LogP contribution >= 0.6 is 0 Å².